The Labute approximate surface area is 94.0 Å². The van der Waals surface area contributed by atoms with Crippen LogP contribution in [0.15, 0.2) is 17.6 Å². The largest absolute Gasteiger partial charge is 0.481 e. The third-order valence-corrected chi connectivity index (χ3v) is 2.03. The number of carboxylic acids is 1. The highest BCUT2D eigenvalue weighted by molar-refractivity contribution is 5.91. The lowest BCUT2D eigenvalue weighted by Gasteiger charge is -2.08. The van der Waals surface area contributed by atoms with Crippen LogP contribution in [0.25, 0.3) is 0 Å². The van der Waals surface area contributed by atoms with Crippen LogP contribution in [0.3, 0.4) is 0 Å². The number of nitrogens with two attached hydrogens (primary N) is 2. The summed E-state index contributed by atoms with van der Waals surface area (Å²) in [4.78, 5) is 25.6. The number of hydrogen-bond donors (Lipinski definition) is 3. The van der Waals surface area contributed by atoms with Gasteiger partial charge in [0.25, 0.3) is 0 Å². The molecule has 0 saturated carbocycles. The fourth-order valence-electron chi connectivity index (χ4n) is 1.18. The molecular formula is C10H17N3O3. The number of carbonyl (C=O) groups excluding carboxylic acids is 1. The Morgan fingerprint density at radius 3 is 2.50 bits per heavy atom. The summed E-state index contributed by atoms with van der Waals surface area (Å²) in [6.45, 7) is 3.66. The van der Waals surface area contributed by atoms with Gasteiger partial charge in [-0.25, -0.2) is 0 Å². The number of nitrogens with zero attached hydrogens (tertiary/aromatic N) is 1. The van der Waals surface area contributed by atoms with E-state index in [0.717, 1.165) is 6.08 Å². The van der Waals surface area contributed by atoms with Gasteiger partial charge in [-0.3, -0.25) is 14.6 Å². The van der Waals surface area contributed by atoms with Gasteiger partial charge >= 0.3 is 5.97 Å². The van der Waals surface area contributed by atoms with Crippen molar-refractivity contribution in [3.05, 3.63) is 12.7 Å². The average Bonchev–Trinajstić information content (AvgIpc) is 2.21. The van der Waals surface area contributed by atoms with Crippen LogP contribution in [0.1, 0.15) is 19.3 Å². The molecule has 0 spiro atoms. The van der Waals surface area contributed by atoms with E-state index in [-0.39, 0.29) is 18.2 Å². The SMILES string of the molecule is C=CC(=O)CC(CCCN=C(N)N)C(=O)O. The summed E-state index contributed by atoms with van der Waals surface area (Å²) in [6.07, 6.45) is 2.00. The standard InChI is InChI=1S/C10H17N3O3/c1-2-8(14)6-7(9(15)16)4-3-5-13-10(11)12/h2,7H,1,3-6H2,(H,15,16)(H4,11,12,13). The zero-order valence-electron chi connectivity index (χ0n) is 9.06. The Kier molecular flexibility index (Phi) is 6.58. The van der Waals surface area contributed by atoms with E-state index in [0.29, 0.717) is 19.4 Å². The van der Waals surface area contributed by atoms with Crippen LogP contribution < -0.4 is 11.5 Å². The summed E-state index contributed by atoms with van der Waals surface area (Å²) in [7, 11) is 0. The van der Waals surface area contributed by atoms with Crippen molar-refractivity contribution in [2.24, 2.45) is 22.4 Å². The number of rotatable bonds is 8. The Hall–Kier alpha value is -1.85. The number of guanidine groups is 1. The molecule has 5 N–H and O–H groups in total. The van der Waals surface area contributed by atoms with E-state index in [1.807, 2.05) is 0 Å². The fraction of sp³-hybridized carbons (Fsp3) is 0.500. The molecule has 6 heteroatoms. The number of hydrogen-bond acceptors (Lipinski definition) is 3. The van der Waals surface area contributed by atoms with E-state index in [1.54, 1.807) is 0 Å². The third-order valence-electron chi connectivity index (χ3n) is 2.03. The van der Waals surface area contributed by atoms with E-state index < -0.39 is 11.9 Å². The average molecular weight is 227 g/mol. The highest BCUT2D eigenvalue weighted by Crippen LogP contribution is 2.12. The molecular weight excluding hydrogens is 210 g/mol. The van der Waals surface area contributed by atoms with Crippen LogP contribution in [0.4, 0.5) is 0 Å². The summed E-state index contributed by atoms with van der Waals surface area (Å²) in [5, 5.41) is 8.85. The molecule has 0 saturated heterocycles. The van der Waals surface area contributed by atoms with Crippen LogP contribution in [0, 0.1) is 5.92 Å². The minimum absolute atomic E-state index is 0.0194. The lowest BCUT2D eigenvalue weighted by Crippen LogP contribution is -2.23. The van der Waals surface area contributed by atoms with Crippen LogP contribution in [-0.4, -0.2) is 29.4 Å². The van der Waals surface area contributed by atoms with Crippen LogP contribution >= 0.6 is 0 Å². The monoisotopic (exact) mass is 227 g/mol. The Morgan fingerprint density at radius 2 is 2.06 bits per heavy atom. The molecule has 0 aliphatic rings. The molecule has 0 aromatic carbocycles. The first-order valence-corrected chi connectivity index (χ1v) is 4.90. The first kappa shape index (κ1) is 14.2. The molecule has 0 aliphatic heterocycles. The van der Waals surface area contributed by atoms with E-state index in [4.69, 9.17) is 16.6 Å². The second kappa shape index (κ2) is 7.44. The first-order valence-electron chi connectivity index (χ1n) is 4.90. The maximum absolute atomic E-state index is 11.0. The molecule has 0 radical (unpaired) electrons. The summed E-state index contributed by atoms with van der Waals surface area (Å²) in [5.41, 5.74) is 10.2. The van der Waals surface area contributed by atoms with Crippen molar-refractivity contribution in [1.82, 2.24) is 0 Å². The maximum atomic E-state index is 11.0. The summed E-state index contributed by atoms with van der Waals surface area (Å²) in [6, 6.07) is 0. The second-order valence-corrected chi connectivity index (χ2v) is 3.36. The van der Waals surface area contributed by atoms with Gasteiger partial charge in [0.15, 0.2) is 11.7 Å². The van der Waals surface area contributed by atoms with Crippen molar-refractivity contribution in [2.75, 3.05) is 6.54 Å². The van der Waals surface area contributed by atoms with E-state index >= 15 is 0 Å². The van der Waals surface area contributed by atoms with Gasteiger partial charge < -0.3 is 16.6 Å². The lowest BCUT2D eigenvalue weighted by atomic mass is 9.97. The molecule has 0 heterocycles. The van der Waals surface area contributed by atoms with Gasteiger partial charge in [-0.1, -0.05) is 6.58 Å². The van der Waals surface area contributed by atoms with Crippen molar-refractivity contribution in [3.8, 4) is 0 Å². The van der Waals surface area contributed by atoms with E-state index in [9.17, 15) is 9.59 Å². The highest BCUT2D eigenvalue weighted by atomic mass is 16.4. The van der Waals surface area contributed by atoms with Gasteiger partial charge in [-0.05, 0) is 18.9 Å². The van der Waals surface area contributed by atoms with Gasteiger partial charge in [0.05, 0.1) is 5.92 Å². The summed E-state index contributed by atoms with van der Waals surface area (Å²) < 4.78 is 0. The molecule has 1 atom stereocenters. The molecule has 16 heavy (non-hydrogen) atoms. The lowest BCUT2D eigenvalue weighted by molar-refractivity contribution is -0.143. The fourth-order valence-corrected chi connectivity index (χ4v) is 1.18. The molecule has 6 nitrogen and oxygen atoms in total. The first-order chi connectivity index (χ1) is 7.47. The quantitative estimate of drug-likeness (QED) is 0.231. The van der Waals surface area contributed by atoms with Crippen molar-refractivity contribution in [3.63, 3.8) is 0 Å². The molecule has 0 amide bonds. The van der Waals surface area contributed by atoms with Gasteiger partial charge in [-0.2, -0.15) is 0 Å². The van der Waals surface area contributed by atoms with Crippen molar-refractivity contribution < 1.29 is 14.7 Å². The minimum Gasteiger partial charge on any atom is -0.481 e. The maximum Gasteiger partial charge on any atom is 0.306 e. The zero-order chi connectivity index (χ0) is 12.6. The molecule has 0 aliphatic carbocycles. The van der Waals surface area contributed by atoms with Crippen molar-refractivity contribution in [1.29, 1.82) is 0 Å². The number of ketones is 1. The van der Waals surface area contributed by atoms with Crippen LogP contribution in [0.2, 0.25) is 0 Å². The Morgan fingerprint density at radius 1 is 1.44 bits per heavy atom. The summed E-state index contributed by atoms with van der Waals surface area (Å²) >= 11 is 0. The van der Waals surface area contributed by atoms with Crippen molar-refractivity contribution in [2.45, 2.75) is 19.3 Å². The number of carboxylic acid groups (broad SMARTS) is 1. The normalized spacial score (nSPS) is 11.5. The zero-order valence-corrected chi connectivity index (χ0v) is 9.06. The Balaban J connectivity index is 4.05. The topological polar surface area (TPSA) is 119 Å². The predicted molar refractivity (Wildman–Crippen MR) is 60.9 cm³/mol. The van der Waals surface area contributed by atoms with E-state index in [1.165, 1.54) is 0 Å². The number of carbonyl (C=O) groups is 2. The van der Waals surface area contributed by atoms with Gasteiger partial charge in [0.1, 0.15) is 0 Å². The second-order valence-electron chi connectivity index (χ2n) is 3.36. The number of aliphatic carboxylic acids is 1. The molecule has 0 aromatic rings. The van der Waals surface area contributed by atoms with Crippen LogP contribution in [-0.2, 0) is 9.59 Å². The van der Waals surface area contributed by atoms with Gasteiger partial charge in [0.2, 0.25) is 0 Å². The van der Waals surface area contributed by atoms with Gasteiger partial charge in [0, 0.05) is 13.0 Å². The summed E-state index contributed by atoms with van der Waals surface area (Å²) in [5.74, 6) is -1.97. The smallest absolute Gasteiger partial charge is 0.306 e. The minimum atomic E-state index is -0.986. The molecule has 0 bridgehead atoms. The van der Waals surface area contributed by atoms with Gasteiger partial charge in [-0.15, -0.1) is 0 Å². The molecule has 1 unspecified atom stereocenters. The predicted octanol–water partition coefficient (Wildman–Crippen LogP) is -0.114. The van der Waals surface area contributed by atoms with Crippen molar-refractivity contribution >= 4 is 17.7 Å². The third kappa shape index (κ3) is 6.58. The molecule has 90 valence electrons. The molecule has 0 rings (SSSR count). The molecule has 0 aromatic heterocycles. The van der Waals surface area contributed by atoms with E-state index in [2.05, 4.69) is 11.6 Å². The Bertz CT molecular complexity index is 296. The molecule has 0 fully saturated rings. The number of allylic oxidation sites excluding steroid dienone is 1. The highest BCUT2D eigenvalue weighted by Gasteiger charge is 2.19. The van der Waals surface area contributed by atoms with Crippen LogP contribution in [0.5, 0.6) is 0 Å². The number of aliphatic imine (C=N–C) groups is 1.